The van der Waals surface area contributed by atoms with Crippen LogP contribution in [0.25, 0.3) is 11.1 Å². The molecule has 0 saturated carbocycles. The number of imide groups is 1. The molecule has 0 spiro atoms. The molecule has 0 radical (unpaired) electrons. The molecule has 0 bridgehead atoms. The predicted octanol–water partition coefficient (Wildman–Crippen LogP) is 2.64. The van der Waals surface area contributed by atoms with Crippen molar-refractivity contribution in [3.05, 3.63) is 64.8 Å². The summed E-state index contributed by atoms with van der Waals surface area (Å²) < 4.78 is 19.7. The van der Waals surface area contributed by atoms with E-state index in [1.54, 1.807) is 29.2 Å². The summed E-state index contributed by atoms with van der Waals surface area (Å²) in [4.78, 5) is 42.2. The third-order valence-corrected chi connectivity index (χ3v) is 5.40. The molecule has 5 rings (SSSR count). The summed E-state index contributed by atoms with van der Waals surface area (Å²) in [5.74, 6) is -1.68. The van der Waals surface area contributed by atoms with Crippen LogP contribution in [0, 0.1) is 5.82 Å². The second-order valence-electron chi connectivity index (χ2n) is 7.28. The van der Waals surface area contributed by atoms with Gasteiger partial charge in [0.25, 0.3) is 5.91 Å². The molecule has 1 saturated heterocycles. The van der Waals surface area contributed by atoms with Crippen LogP contribution in [0.5, 0.6) is 0 Å². The molecule has 2 aliphatic rings. The van der Waals surface area contributed by atoms with E-state index in [2.05, 4.69) is 10.3 Å². The first-order valence-corrected chi connectivity index (χ1v) is 9.29. The van der Waals surface area contributed by atoms with Gasteiger partial charge in [0, 0.05) is 30.6 Å². The molecule has 29 heavy (non-hydrogen) atoms. The minimum absolute atomic E-state index is 0.219. The summed E-state index contributed by atoms with van der Waals surface area (Å²) >= 11 is 0. The smallest absolute Gasteiger partial charge is 0.254 e. The molecule has 3 aromatic rings. The molecule has 1 N–H and O–H groups in total. The Balaban J connectivity index is 1.40. The molecule has 7 nitrogen and oxygen atoms in total. The summed E-state index contributed by atoms with van der Waals surface area (Å²) in [7, 11) is 0. The summed E-state index contributed by atoms with van der Waals surface area (Å²) in [6.07, 6.45) is 0.561. The van der Waals surface area contributed by atoms with Crippen molar-refractivity contribution in [1.82, 2.24) is 15.2 Å². The first-order chi connectivity index (χ1) is 14.0. The third-order valence-electron chi connectivity index (χ3n) is 5.40. The van der Waals surface area contributed by atoms with Crippen LogP contribution in [-0.2, 0) is 22.7 Å². The highest BCUT2D eigenvalue weighted by Crippen LogP contribution is 2.30. The highest BCUT2D eigenvalue weighted by Gasteiger charge is 2.32. The number of halogens is 1. The lowest BCUT2D eigenvalue weighted by molar-refractivity contribution is -0.134. The maximum absolute atomic E-state index is 14.0. The number of carbonyl (C=O) groups excluding carboxylic acids is 3. The standard InChI is InChI=1S/C21H16FN3O4/c22-15-3-1-2-12-9-25(10-14(12)15)21(28)11-4-6-16-17(8-11)29-20(23-16)13-5-7-18(26)24-19(13)27/h1-4,6,8,13H,5,7,9-10H2,(H,24,26,27). The average Bonchev–Trinajstić information content (AvgIpc) is 3.31. The number of hydrogen-bond donors (Lipinski definition) is 1. The van der Waals surface area contributed by atoms with Crippen molar-refractivity contribution in [3.63, 3.8) is 0 Å². The van der Waals surface area contributed by atoms with Crippen LogP contribution >= 0.6 is 0 Å². The maximum Gasteiger partial charge on any atom is 0.254 e. The molecule has 3 amide bonds. The largest absolute Gasteiger partial charge is 0.440 e. The van der Waals surface area contributed by atoms with Gasteiger partial charge < -0.3 is 9.32 Å². The number of amides is 3. The van der Waals surface area contributed by atoms with Crippen LogP contribution in [0.4, 0.5) is 4.39 Å². The highest BCUT2D eigenvalue weighted by atomic mass is 19.1. The predicted molar refractivity (Wildman–Crippen MR) is 99.1 cm³/mol. The van der Waals surface area contributed by atoms with Crippen molar-refractivity contribution >= 4 is 28.8 Å². The first-order valence-electron chi connectivity index (χ1n) is 9.29. The Bertz CT molecular complexity index is 1190. The van der Waals surface area contributed by atoms with Crippen LogP contribution in [0.3, 0.4) is 0 Å². The number of rotatable bonds is 2. The van der Waals surface area contributed by atoms with E-state index in [1.165, 1.54) is 6.07 Å². The Morgan fingerprint density at radius 2 is 2.07 bits per heavy atom. The zero-order chi connectivity index (χ0) is 20.1. The number of benzene rings is 2. The average molecular weight is 393 g/mol. The van der Waals surface area contributed by atoms with E-state index in [0.29, 0.717) is 35.2 Å². The van der Waals surface area contributed by atoms with Gasteiger partial charge in [-0.15, -0.1) is 0 Å². The second kappa shape index (κ2) is 6.51. The van der Waals surface area contributed by atoms with Gasteiger partial charge in [-0.25, -0.2) is 9.37 Å². The van der Waals surface area contributed by atoms with Crippen LogP contribution in [0.1, 0.15) is 46.1 Å². The van der Waals surface area contributed by atoms with Crippen molar-refractivity contribution in [1.29, 1.82) is 0 Å². The van der Waals surface area contributed by atoms with Crippen LogP contribution < -0.4 is 5.32 Å². The highest BCUT2D eigenvalue weighted by molar-refractivity contribution is 6.01. The van der Waals surface area contributed by atoms with Gasteiger partial charge in [-0.1, -0.05) is 12.1 Å². The molecule has 2 aromatic carbocycles. The molecule has 1 atom stereocenters. The fourth-order valence-corrected chi connectivity index (χ4v) is 3.86. The SMILES string of the molecule is O=C1CCC(c2nc3ccc(C(=O)N4Cc5cccc(F)c5C4)cc3o2)C(=O)N1. The van der Waals surface area contributed by atoms with Gasteiger partial charge in [0.05, 0.1) is 0 Å². The van der Waals surface area contributed by atoms with E-state index in [-0.39, 0.29) is 36.5 Å². The van der Waals surface area contributed by atoms with Gasteiger partial charge in [-0.3, -0.25) is 19.7 Å². The lowest BCUT2D eigenvalue weighted by Gasteiger charge is -2.17. The number of nitrogens with one attached hydrogen (secondary N) is 1. The van der Waals surface area contributed by atoms with E-state index >= 15 is 0 Å². The van der Waals surface area contributed by atoms with Crippen molar-refractivity contribution in [2.24, 2.45) is 0 Å². The number of carbonyl (C=O) groups is 3. The topological polar surface area (TPSA) is 92.5 Å². The summed E-state index contributed by atoms with van der Waals surface area (Å²) in [6.45, 7) is 0.568. The lowest BCUT2D eigenvalue weighted by atomic mass is 9.98. The summed E-state index contributed by atoms with van der Waals surface area (Å²) in [5, 5.41) is 2.28. The number of fused-ring (bicyclic) bond motifs is 2. The van der Waals surface area contributed by atoms with E-state index in [4.69, 9.17) is 4.42 Å². The molecule has 8 heteroatoms. The van der Waals surface area contributed by atoms with Crippen LogP contribution in [-0.4, -0.2) is 27.6 Å². The molecular weight excluding hydrogens is 377 g/mol. The Hall–Kier alpha value is -3.55. The van der Waals surface area contributed by atoms with Gasteiger partial charge in [0.2, 0.25) is 17.7 Å². The number of hydrogen-bond acceptors (Lipinski definition) is 5. The van der Waals surface area contributed by atoms with Gasteiger partial charge in [0.15, 0.2) is 5.58 Å². The Morgan fingerprint density at radius 1 is 1.21 bits per heavy atom. The normalized spacial score (nSPS) is 18.8. The molecule has 1 aromatic heterocycles. The fraction of sp³-hybridized carbons (Fsp3) is 0.238. The quantitative estimate of drug-likeness (QED) is 0.676. The van der Waals surface area contributed by atoms with E-state index in [1.807, 2.05) is 6.07 Å². The maximum atomic E-state index is 14.0. The molecule has 3 heterocycles. The zero-order valence-corrected chi connectivity index (χ0v) is 15.3. The van der Waals surface area contributed by atoms with Gasteiger partial charge >= 0.3 is 0 Å². The number of aromatic nitrogens is 1. The van der Waals surface area contributed by atoms with Gasteiger partial charge in [-0.2, -0.15) is 0 Å². The van der Waals surface area contributed by atoms with E-state index in [9.17, 15) is 18.8 Å². The Morgan fingerprint density at radius 3 is 2.86 bits per heavy atom. The van der Waals surface area contributed by atoms with Crippen molar-refractivity contribution in [3.8, 4) is 0 Å². The molecule has 146 valence electrons. The summed E-state index contributed by atoms with van der Waals surface area (Å²) in [5.41, 5.74) is 2.66. The monoisotopic (exact) mass is 393 g/mol. The number of nitrogens with zero attached hydrogens (tertiary/aromatic N) is 2. The Labute approximate surface area is 164 Å². The molecule has 2 aliphatic heterocycles. The van der Waals surface area contributed by atoms with Crippen molar-refractivity contribution in [2.45, 2.75) is 31.8 Å². The van der Waals surface area contributed by atoms with Crippen LogP contribution in [0.15, 0.2) is 40.8 Å². The molecule has 1 unspecified atom stereocenters. The first kappa shape index (κ1) is 17.5. The minimum atomic E-state index is -0.629. The number of oxazole rings is 1. The summed E-state index contributed by atoms with van der Waals surface area (Å²) in [6, 6.07) is 9.73. The minimum Gasteiger partial charge on any atom is -0.440 e. The van der Waals surface area contributed by atoms with Gasteiger partial charge in [-0.05, 0) is 36.2 Å². The number of piperidine rings is 1. The second-order valence-corrected chi connectivity index (χ2v) is 7.28. The Kier molecular flexibility index (Phi) is 3.94. The fourth-order valence-electron chi connectivity index (χ4n) is 3.86. The lowest BCUT2D eigenvalue weighted by Crippen LogP contribution is -2.39. The van der Waals surface area contributed by atoms with E-state index in [0.717, 1.165) is 5.56 Å². The molecular formula is C21H16FN3O4. The van der Waals surface area contributed by atoms with E-state index < -0.39 is 11.8 Å². The molecule has 0 aliphatic carbocycles. The third kappa shape index (κ3) is 2.97. The van der Waals surface area contributed by atoms with Gasteiger partial charge in [0.1, 0.15) is 17.3 Å². The molecule has 1 fully saturated rings. The van der Waals surface area contributed by atoms with Crippen LogP contribution in [0.2, 0.25) is 0 Å². The van der Waals surface area contributed by atoms with Crippen molar-refractivity contribution in [2.75, 3.05) is 0 Å². The van der Waals surface area contributed by atoms with Crippen molar-refractivity contribution < 1.29 is 23.2 Å². The zero-order valence-electron chi connectivity index (χ0n) is 15.3.